The summed E-state index contributed by atoms with van der Waals surface area (Å²) in [7, 11) is -3.30. The van der Waals surface area contributed by atoms with Crippen LogP contribution in [0.3, 0.4) is 0 Å². The van der Waals surface area contributed by atoms with E-state index in [-0.39, 0.29) is 11.7 Å². The Morgan fingerprint density at radius 2 is 1.92 bits per heavy atom. The topological polar surface area (TPSA) is 66.5 Å². The van der Waals surface area contributed by atoms with Crippen LogP contribution >= 0.6 is 11.6 Å². The van der Waals surface area contributed by atoms with E-state index in [1.54, 1.807) is 37.3 Å². The number of nitrogens with zero attached hydrogens (tertiary/aromatic N) is 1. The summed E-state index contributed by atoms with van der Waals surface area (Å²) in [5.74, 6) is -0.117. The molecular weight excluding hydrogens is 372 g/mol. The fourth-order valence-corrected chi connectivity index (χ4v) is 4.36. The molecule has 0 unspecified atom stereocenters. The highest BCUT2D eigenvalue weighted by Gasteiger charge is 2.26. The van der Waals surface area contributed by atoms with Crippen LogP contribution in [0.4, 0.5) is 5.69 Å². The molecule has 0 spiro atoms. The predicted octanol–water partition coefficient (Wildman–Crippen LogP) is 3.37. The zero-order valence-electron chi connectivity index (χ0n) is 14.5. The molecule has 0 fully saturated rings. The number of carbonyl (C=O) groups is 1. The van der Waals surface area contributed by atoms with Crippen molar-refractivity contribution in [2.24, 2.45) is 0 Å². The molecule has 0 saturated heterocycles. The molecule has 26 heavy (non-hydrogen) atoms. The van der Waals surface area contributed by atoms with Crippen LogP contribution in [0, 0.1) is 0 Å². The van der Waals surface area contributed by atoms with Crippen LogP contribution in [0.15, 0.2) is 42.5 Å². The molecule has 0 saturated carbocycles. The third-order valence-corrected chi connectivity index (χ3v) is 6.52. The minimum absolute atomic E-state index is 0.0652. The minimum Gasteiger partial charge on any atom is -0.348 e. The van der Waals surface area contributed by atoms with E-state index in [0.29, 0.717) is 29.4 Å². The molecule has 1 aliphatic rings. The van der Waals surface area contributed by atoms with Crippen LogP contribution < -0.4 is 9.62 Å². The summed E-state index contributed by atoms with van der Waals surface area (Å²) in [6, 6.07) is 12.5. The Bertz CT molecular complexity index is 911. The molecule has 0 aliphatic carbocycles. The number of fused-ring (bicyclic) bond motifs is 1. The molecule has 1 amide bonds. The Hall–Kier alpha value is -2.05. The van der Waals surface area contributed by atoms with Crippen molar-refractivity contribution in [3.8, 4) is 0 Å². The normalized spacial score (nSPS) is 14.0. The highest BCUT2D eigenvalue weighted by atomic mass is 35.5. The average molecular weight is 393 g/mol. The average Bonchev–Trinajstić information content (AvgIpc) is 2.66. The lowest BCUT2D eigenvalue weighted by Gasteiger charge is -2.30. The van der Waals surface area contributed by atoms with E-state index in [1.165, 1.54) is 4.31 Å². The zero-order valence-corrected chi connectivity index (χ0v) is 16.1. The Balaban J connectivity index is 1.75. The SMILES string of the molecule is CCS(=O)(=O)N1CCCc2cc(C(=O)NCc3ccc(Cl)cc3)ccc21. The summed E-state index contributed by atoms with van der Waals surface area (Å²) in [6.07, 6.45) is 1.52. The van der Waals surface area contributed by atoms with Gasteiger partial charge in [-0.05, 0) is 61.2 Å². The Morgan fingerprint density at radius 3 is 2.62 bits per heavy atom. The van der Waals surface area contributed by atoms with Crippen LogP contribution in [0.2, 0.25) is 5.02 Å². The van der Waals surface area contributed by atoms with Crippen LogP contribution in [0.1, 0.15) is 34.8 Å². The van der Waals surface area contributed by atoms with Gasteiger partial charge in [0.1, 0.15) is 0 Å². The second kappa shape index (κ2) is 7.68. The molecule has 3 rings (SSSR count). The predicted molar refractivity (Wildman–Crippen MR) is 104 cm³/mol. The van der Waals surface area contributed by atoms with Gasteiger partial charge in [0.2, 0.25) is 10.0 Å². The van der Waals surface area contributed by atoms with Gasteiger partial charge >= 0.3 is 0 Å². The largest absolute Gasteiger partial charge is 0.348 e. The maximum atomic E-state index is 12.4. The third kappa shape index (κ3) is 4.02. The molecule has 2 aromatic carbocycles. The molecule has 1 heterocycles. The van der Waals surface area contributed by atoms with Crippen LogP contribution in [0.25, 0.3) is 0 Å². The number of anilines is 1. The molecule has 7 heteroatoms. The lowest BCUT2D eigenvalue weighted by atomic mass is 10.0. The van der Waals surface area contributed by atoms with Gasteiger partial charge in [0.05, 0.1) is 11.4 Å². The first-order chi connectivity index (χ1) is 12.4. The fourth-order valence-electron chi connectivity index (χ4n) is 3.04. The summed E-state index contributed by atoms with van der Waals surface area (Å²) in [5.41, 5.74) is 3.08. The third-order valence-electron chi connectivity index (χ3n) is 4.48. The number of halogens is 1. The number of aryl methyl sites for hydroxylation is 1. The minimum atomic E-state index is -3.30. The number of hydrogen-bond donors (Lipinski definition) is 1. The van der Waals surface area contributed by atoms with Crippen molar-refractivity contribution in [3.05, 3.63) is 64.2 Å². The van der Waals surface area contributed by atoms with Gasteiger partial charge in [-0.15, -0.1) is 0 Å². The van der Waals surface area contributed by atoms with Crippen LogP contribution in [0.5, 0.6) is 0 Å². The summed E-state index contributed by atoms with van der Waals surface area (Å²) in [5, 5.41) is 3.53. The monoisotopic (exact) mass is 392 g/mol. The van der Waals surface area contributed by atoms with E-state index in [0.717, 1.165) is 24.0 Å². The van der Waals surface area contributed by atoms with Crippen molar-refractivity contribution in [2.75, 3.05) is 16.6 Å². The Morgan fingerprint density at radius 1 is 1.19 bits per heavy atom. The number of hydrogen-bond acceptors (Lipinski definition) is 3. The number of rotatable bonds is 5. The number of amides is 1. The van der Waals surface area contributed by atoms with Crippen molar-refractivity contribution < 1.29 is 13.2 Å². The van der Waals surface area contributed by atoms with Crippen molar-refractivity contribution in [1.82, 2.24) is 5.32 Å². The van der Waals surface area contributed by atoms with Gasteiger partial charge in [-0.2, -0.15) is 0 Å². The highest BCUT2D eigenvalue weighted by Crippen LogP contribution is 2.30. The summed E-state index contributed by atoms with van der Waals surface area (Å²) in [4.78, 5) is 12.4. The molecule has 0 bridgehead atoms. The standard InChI is InChI=1S/C19H21ClN2O3S/c1-2-26(24,25)22-11-3-4-15-12-16(7-10-18(15)22)19(23)21-13-14-5-8-17(20)9-6-14/h5-10,12H,2-4,11,13H2,1H3,(H,21,23). The van der Waals surface area contributed by atoms with Gasteiger partial charge in [0.25, 0.3) is 5.91 Å². The molecule has 5 nitrogen and oxygen atoms in total. The summed E-state index contributed by atoms with van der Waals surface area (Å²) < 4.78 is 26.0. The number of carbonyl (C=O) groups excluding carboxylic acids is 1. The van der Waals surface area contributed by atoms with E-state index >= 15 is 0 Å². The zero-order chi connectivity index (χ0) is 18.7. The van der Waals surface area contributed by atoms with Crippen molar-refractivity contribution in [1.29, 1.82) is 0 Å². The molecule has 1 aliphatic heterocycles. The molecule has 2 aromatic rings. The van der Waals surface area contributed by atoms with Crippen LogP contribution in [-0.4, -0.2) is 26.6 Å². The first-order valence-electron chi connectivity index (χ1n) is 8.56. The number of benzene rings is 2. The van der Waals surface area contributed by atoms with Gasteiger partial charge < -0.3 is 5.32 Å². The van der Waals surface area contributed by atoms with Gasteiger partial charge in [-0.3, -0.25) is 9.10 Å². The number of sulfonamides is 1. The van der Waals surface area contributed by atoms with E-state index in [2.05, 4.69) is 5.32 Å². The van der Waals surface area contributed by atoms with E-state index in [1.807, 2.05) is 12.1 Å². The maximum Gasteiger partial charge on any atom is 0.251 e. The van der Waals surface area contributed by atoms with Gasteiger partial charge in [-0.25, -0.2) is 8.42 Å². The van der Waals surface area contributed by atoms with Crippen molar-refractivity contribution in [3.63, 3.8) is 0 Å². The Kier molecular flexibility index (Phi) is 5.53. The highest BCUT2D eigenvalue weighted by molar-refractivity contribution is 7.92. The van der Waals surface area contributed by atoms with Crippen molar-refractivity contribution >= 4 is 33.2 Å². The van der Waals surface area contributed by atoms with Gasteiger partial charge in [-0.1, -0.05) is 23.7 Å². The van der Waals surface area contributed by atoms with E-state index in [9.17, 15) is 13.2 Å². The van der Waals surface area contributed by atoms with Gasteiger partial charge in [0, 0.05) is 23.7 Å². The first-order valence-corrected chi connectivity index (χ1v) is 10.6. The molecule has 1 N–H and O–H groups in total. The van der Waals surface area contributed by atoms with E-state index < -0.39 is 10.0 Å². The van der Waals surface area contributed by atoms with Gasteiger partial charge in [0.15, 0.2) is 0 Å². The first kappa shape index (κ1) is 18.7. The molecule has 0 radical (unpaired) electrons. The summed E-state index contributed by atoms with van der Waals surface area (Å²) in [6.45, 7) is 2.54. The Labute approximate surface area is 159 Å². The second-order valence-corrected chi connectivity index (χ2v) is 8.85. The maximum absolute atomic E-state index is 12.4. The second-order valence-electron chi connectivity index (χ2n) is 6.23. The van der Waals surface area contributed by atoms with E-state index in [4.69, 9.17) is 11.6 Å². The molecule has 0 atom stereocenters. The number of nitrogens with one attached hydrogen (secondary N) is 1. The molecular formula is C19H21ClN2O3S. The molecule has 0 aromatic heterocycles. The molecule has 138 valence electrons. The van der Waals surface area contributed by atoms with Crippen LogP contribution in [-0.2, 0) is 23.0 Å². The van der Waals surface area contributed by atoms with Crippen molar-refractivity contribution in [2.45, 2.75) is 26.3 Å². The lowest BCUT2D eigenvalue weighted by Crippen LogP contribution is -2.36. The smallest absolute Gasteiger partial charge is 0.251 e. The lowest BCUT2D eigenvalue weighted by molar-refractivity contribution is 0.0951. The fraction of sp³-hybridized carbons (Fsp3) is 0.316. The summed E-state index contributed by atoms with van der Waals surface area (Å²) >= 11 is 5.86. The quantitative estimate of drug-likeness (QED) is 0.848.